The van der Waals surface area contributed by atoms with Gasteiger partial charge in [0.15, 0.2) is 0 Å². The Bertz CT molecular complexity index is 460. The van der Waals surface area contributed by atoms with Crippen LogP contribution in [0, 0.1) is 13.8 Å². The van der Waals surface area contributed by atoms with Gasteiger partial charge < -0.3 is 5.11 Å². The standard InChI is InChI=1S/C21H36O/c1-6-9-10-11-12-15-20-19(14-8-3)18(13-7-2)16(4)17(5)21(20)22/h22H,6-15H2,1-5H3. The van der Waals surface area contributed by atoms with Crippen LogP contribution in [-0.4, -0.2) is 5.11 Å². The molecular weight excluding hydrogens is 268 g/mol. The van der Waals surface area contributed by atoms with Crippen LogP contribution in [0.2, 0.25) is 0 Å². The smallest absolute Gasteiger partial charge is 0.122 e. The molecule has 0 saturated carbocycles. The molecule has 1 aromatic rings. The van der Waals surface area contributed by atoms with Gasteiger partial charge in [-0.1, -0.05) is 59.3 Å². The third-order valence-electron chi connectivity index (χ3n) is 4.92. The Morgan fingerprint density at radius 3 is 1.77 bits per heavy atom. The highest BCUT2D eigenvalue weighted by Crippen LogP contribution is 2.35. The molecule has 0 heterocycles. The summed E-state index contributed by atoms with van der Waals surface area (Å²) in [6, 6.07) is 0. The van der Waals surface area contributed by atoms with Gasteiger partial charge in [-0.3, -0.25) is 0 Å². The second kappa shape index (κ2) is 9.92. The summed E-state index contributed by atoms with van der Waals surface area (Å²) in [4.78, 5) is 0. The van der Waals surface area contributed by atoms with E-state index in [0.29, 0.717) is 5.75 Å². The molecule has 0 amide bonds. The van der Waals surface area contributed by atoms with E-state index < -0.39 is 0 Å². The average Bonchev–Trinajstić information content (AvgIpc) is 2.51. The fourth-order valence-corrected chi connectivity index (χ4v) is 3.50. The summed E-state index contributed by atoms with van der Waals surface area (Å²) >= 11 is 0. The maximum Gasteiger partial charge on any atom is 0.122 e. The first-order chi connectivity index (χ1) is 10.6. The van der Waals surface area contributed by atoms with Crippen LogP contribution in [-0.2, 0) is 19.3 Å². The summed E-state index contributed by atoms with van der Waals surface area (Å²) in [5, 5.41) is 10.7. The predicted octanol–water partition coefficient (Wildman–Crippen LogP) is 6.43. The lowest BCUT2D eigenvalue weighted by atomic mass is 9.85. The molecule has 22 heavy (non-hydrogen) atoms. The van der Waals surface area contributed by atoms with Crippen molar-refractivity contribution in [1.29, 1.82) is 0 Å². The van der Waals surface area contributed by atoms with E-state index in [1.807, 2.05) is 0 Å². The van der Waals surface area contributed by atoms with Crippen LogP contribution in [0.4, 0.5) is 0 Å². The van der Waals surface area contributed by atoms with Gasteiger partial charge in [0.2, 0.25) is 0 Å². The van der Waals surface area contributed by atoms with E-state index in [1.165, 1.54) is 60.8 Å². The molecule has 0 fully saturated rings. The number of unbranched alkanes of at least 4 members (excludes halogenated alkanes) is 4. The molecule has 0 radical (unpaired) electrons. The Hall–Kier alpha value is -0.980. The van der Waals surface area contributed by atoms with Crippen molar-refractivity contribution < 1.29 is 5.11 Å². The third kappa shape index (κ3) is 4.76. The molecule has 1 nitrogen and oxygen atoms in total. The minimum absolute atomic E-state index is 0.580. The van der Waals surface area contributed by atoms with Gasteiger partial charge in [-0.2, -0.15) is 0 Å². The lowest BCUT2D eigenvalue weighted by Gasteiger charge is -2.21. The van der Waals surface area contributed by atoms with Crippen LogP contribution >= 0.6 is 0 Å². The molecule has 0 aliphatic heterocycles. The molecule has 0 bridgehead atoms. The van der Waals surface area contributed by atoms with Gasteiger partial charge in [0.05, 0.1) is 0 Å². The van der Waals surface area contributed by atoms with Crippen LogP contribution in [0.3, 0.4) is 0 Å². The first kappa shape index (κ1) is 19.1. The maximum atomic E-state index is 10.7. The van der Waals surface area contributed by atoms with Crippen molar-refractivity contribution in [3.8, 4) is 5.75 Å². The molecule has 0 aliphatic rings. The zero-order chi connectivity index (χ0) is 16.5. The number of hydrogen-bond donors (Lipinski definition) is 1. The molecule has 0 spiro atoms. The highest BCUT2D eigenvalue weighted by molar-refractivity contribution is 5.54. The van der Waals surface area contributed by atoms with E-state index in [4.69, 9.17) is 0 Å². The Morgan fingerprint density at radius 1 is 0.591 bits per heavy atom. The van der Waals surface area contributed by atoms with Crippen molar-refractivity contribution in [2.75, 3.05) is 0 Å². The normalized spacial score (nSPS) is 11.1. The summed E-state index contributed by atoms with van der Waals surface area (Å²) < 4.78 is 0. The van der Waals surface area contributed by atoms with Crippen molar-refractivity contribution in [3.63, 3.8) is 0 Å². The van der Waals surface area contributed by atoms with Gasteiger partial charge in [0.25, 0.3) is 0 Å². The van der Waals surface area contributed by atoms with Crippen molar-refractivity contribution in [3.05, 3.63) is 27.8 Å². The zero-order valence-corrected chi connectivity index (χ0v) is 15.5. The molecule has 0 unspecified atom stereocenters. The molecule has 0 aromatic heterocycles. The minimum atomic E-state index is 0.580. The van der Waals surface area contributed by atoms with Crippen LogP contribution in [0.1, 0.15) is 93.5 Å². The molecule has 1 rings (SSSR count). The molecule has 0 aliphatic carbocycles. The second-order valence-corrected chi connectivity index (χ2v) is 6.70. The second-order valence-electron chi connectivity index (χ2n) is 6.70. The van der Waals surface area contributed by atoms with Gasteiger partial charge >= 0.3 is 0 Å². The predicted molar refractivity (Wildman–Crippen MR) is 98.0 cm³/mol. The highest BCUT2D eigenvalue weighted by Gasteiger charge is 2.18. The molecular formula is C21H36O. The van der Waals surface area contributed by atoms with Crippen LogP contribution in [0.5, 0.6) is 5.75 Å². The Morgan fingerprint density at radius 2 is 1.18 bits per heavy atom. The lowest BCUT2D eigenvalue weighted by molar-refractivity contribution is 0.459. The number of rotatable bonds is 10. The number of hydrogen-bond acceptors (Lipinski definition) is 1. The SMILES string of the molecule is CCCCCCCc1c(O)c(C)c(C)c(CCC)c1CCC. The van der Waals surface area contributed by atoms with E-state index >= 15 is 0 Å². The molecule has 1 N–H and O–H groups in total. The van der Waals surface area contributed by atoms with Gasteiger partial charge in [0, 0.05) is 0 Å². The summed E-state index contributed by atoms with van der Waals surface area (Å²) in [7, 11) is 0. The minimum Gasteiger partial charge on any atom is -0.507 e. The van der Waals surface area contributed by atoms with E-state index in [-0.39, 0.29) is 0 Å². The Labute approximate surface area is 138 Å². The topological polar surface area (TPSA) is 20.2 Å². The summed E-state index contributed by atoms with van der Waals surface area (Å²) in [6.45, 7) is 11.0. The van der Waals surface area contributed by atoms with E-state index in [1.54, 1.807) is 0 Å². The summed E-state index contributed by atoms with van der Waals surface area (Å²) in [5.74, 6) is 0.580. The average molecular weight is 305 g/mol. The van der Waals surface area contributed by atoms with E-state index in [9.17, 15) is 5.11 Å². The first-order valence-electron chi connectivity index (χ1n) is 9.41. The largest absolute Gasteiger partial charge is 0.507 e. The lowest BCUT2D eigenvalue weighted by Crippen LogP contribution is -2.06. The highest BCUT2D eigenvalue weighted by atomic mass is 16.3. The van der Waals surface area contributed by atoms with Crippen LogP contribution in [0.15, 0.2) is 0 Å². The van der Waals surface area contributed by atoms with Crippen LogP contribution in [0.25, 0.3) is 0 Å². The quantitative estimate of drug-likeness (QED) is 0.494. The van der Waals surface area contributed by atoms with Crippen LogP contribution < -0.4 is 0 Å². The van der Waals surface area contributed by atoms with Gasteiger partial charge in [-0.05, 0) is 67.3 Å². The monoisotopic (exact) mass is 304 g/mol. The van der Waals surface area contributed by atoms with E-state index in [2.05, 4.69) is 34.6 Å². The third-order valence-corrected chi connectivity index (χ3v) is 4.92. The van der Waals surface area contributed by atoms with Crippen molar-refractivity contribution in [2.24, 2.45) is 0 Å². The zero-order valence-electron chi connectivity index (χ0n) is 15.5. The summed E-state index contributed by atoms with van der Waals surface area (Å²) in [6.07, 6.45) is 12.1. The Balaban J connectivity index is 3.05. The Kier molecular flexibility index (Phi) is 8.60. The van der Waals surface area contributed by atoms with Crippen molar-refractivity contribution in [1.82, 2.24) is 0 Å². The number of phenolic OH excluding ortho intramolecular Hbond substituents is 1. The number of benzene rings is 1. The van der Waals surface area contributed by atoms with E-state index in [0.717, 1.165) is 31.2 Å². The number of phenols is 1. The van der Waals surface area contributed by atoms with Crippen molar-refractivity contribution >= 4 is 0 Å². The molecule has 1 aromatic carbocycles. The molecule has 126 valence electrons. The fourth-order valence-electron chi connectivity index (χ4n) is 3.50. The van der Waals surface area contributed by atoms with Gasteiger partial charge in [0.1, 0.15) is 5.75 Å². The molecule has 1 heteroatoms. The first-order valence-corrected chi connectivity index (χ1v) is 9.41. The number of aromatic hydroxyl groups is 1. The summed E-state index contributed by atoms with van der Waals surface area (Å²) in [5.41, 5.74) is 6.65. The van der Waals surface area contributed by atoms with Gasteiger partial charge in [-0.25, -0.2) is 0 Å². The molecule has 0 atom stereocenters. The molecule has 0 saturated heterocycles. The fraction of sp³-hybridized carbons (Fsp3) is 0.714. The maximum absolute atomic E-state index is 10.7. The van der Waals surface area contributed by atoms with Crippen molar-refractivity contribution in [2.45, 2.75) is 98.8 Å². The van der Waals surface area contributed by atoms with Gasteiger partial charge in [-0.15, -0.1) is 0 Å².